The zero-order chi connectivity index (χ0) is 14.9. The molecule has 0 radical (unpaired) electrons. The molecule has 5 heteroatoms. The van der Waals surface area contributed by atoms with Crippen LogP contribution >= 0.6 is 0 Å². The third-order valence-corrected chi connectivity index (χ3v) is 3.43. The number of imidazole rings is 1. The number of aromatic nitrogens is 2. The van der Waals surface area contributed by atoms with Gasteiger partial charge in [-0.25, -0.2) is 4.98 Å². The van der Waals surface area contributed by atoms with Crippen LogP contribution in [0.4, 0.5) is 0 Å². The van der Waals surface area contributed by atoms with Crippen molar-refractivity contribution in [2.75, 3.05) is 13.7 Å². The van der Waals surface area contributed by atoms with Gasteiger partial charge in [-0.15, -0.1) is 0 Å². The Morgan fingerprint density at radius 3 is 2.70 bits per heavy atom. The molecule has 0 aliphatic rings. The molecule has 0 aliphatic carbocycles. The number of hydrogen-bond donors (Lipinski definition) is 0. The highest BCUT2D eigenvalue weighted by Crippen LogP contribution is 2.29. The molecule has 0 fully saturated rings. The summed E-state index contributed by atoms with van der Waals surface area (Å²) < 4.78 is 12.3. The van der Waals surface area contributed by atoms with Crippen molar-refractivity contribution in [1.29, 1.82) is 0 Å². The lowest BCUT2D eigenvalue weighted by Crippen LogP contribution is -2.33. The van der Waals surface area contributed by atoms with Crippen LogP contribution in [-0.4, -0.2) is 29.2 Å². The third kappa shape index (κ3) is 2.24. The summed E-state index contributed by atoms with van der Waals surface area (Å²) in [6.07, 6.45) is 0. The molecule has 1 heterocycles. The van der Waals surface area contributed by atoms with Gasteiger partial charge in [-0.05, 0) is 32.9 Å². The highest BCUT2D eigenvalue weighted by molar-refractivity contribution is 5.84. The van der Waals surface area contributed by atoms with Crippen LogP contribution in [0.15, 0.2) is 18.2 Å². The molecule has 1 aromatic heterocycles. The summed E-state index contributed by atoms with van der Waals surface area (Å²) in [5, 5.41) is 0. The smallest absolute Gasteiger partial charge is 0.319 e. The number of nitrogens with zero attached hydrogens (tertiary/aromatic N) is 2. The first-order valence-corrected chi connectivity index (χ1v) is 6.60. The molecule has 0 aliphatic heterocycles. The Kier molecular flexibility index (Phi) is 3.70. The first-order valence-electron chi connectivity index (χ1n) is 6.60. The van der Waals surface area contributed by atoms with Gasteiger partial charge in [0.15, 0.2) is 0 Å². The van der Waals surface area contributed by atoms with Crippen LogP contribution < -0.4 is 4.74 Å². The Hall–Kier alpha value is -2.04. The summed E-state index contributed by atoms with van der Waals surface area (Å²) in [5.41, 5.74) is 0.967. The third-order valence-electron chi connectivity index (χ3n) is 3.43. The Morgan fingerprint density at radius 1 is 1.40 bits per heavy atom. The second-order valence-electron chi connectivity index (χ2n) is 5.19. The Morgan fingerprint density at radius 2 is 2.10 bits per heavy atom. The number of methoxy groups -OCH3 is 1. The van der Waals surface area contributed by atoms with E-state index in [1.165, 1.54) is 0 Å². The lowest BCUT2D eigenvalue weighted by atomic mass is 9.92. The van der Waals surface area contributed by atoms with Crippen molar-refractivity contribution in [3.63, 3.8) is 0 Å². The quantitative estimate of drug-likeness (QED) is 0.805. The topological polar surface area (TPSA) is 53.4 Å². The van der Waals surface area contributed by atoms with E-state index < -0.39 is 5.41 Å². The molecule has 2 aromatic rings. The number of rotatable bonds is 4. The molecule has 0 saturated carbocycles. The van der Waals surface area contributed by atoms with Crippen LogP contribution in [0.5, 0.6) is 5.75 Å². The van der Waals surface area contributed by atoms with Crippen molar-refractivity contribution in [3.8, 4) is 5.75 Å². The van der Waals surface area contributed by atoms with Crippen LogP contribution in [0.2, 0.25) is 0 Å². The van der Waals surface area contributed by atoms with Gasteiger partial charge in [-0.3, -0.25) is 4.79 Å². The largest absolute Gasteiger partial charge is 0.497 e. The normalized spacial score (nSPS) is 11.7. The van der Waals surface area contributed by atoms with Crippen LogP contribution in [0, 0.1) is 0 Å². The molecule has 0 bridgehead atoms. The van der Waals surface area contributed by atoms with Crippen molar-refractivity contribution in [1.82, 2.24) is 9.55 Å². The lowest BCUT2D eigenvalue weighted by molar-refractivity contribution is -0.149. The maximum absolute atomic E-state index is 12.1. The van der Waals surface area contributed by atoms with Gasteiger partial charge >= 0.3 is 5.97 Å². The van der Waals surface area contributed by atoms with E-state index in [1.807, 2.05) is 43.7 Å². The molecular weight excluding hydrogens is 256 g/mol. The average Bonchev–Trinajstić information content (AvgIpc) is 2.76. The van der Waals surface area contributed by atoms with Gasteiger partial charge in [0.25, 0.3) is 0 Å². The first-order chi connectivity index (χ1) is 9.41. The number of ether oxygens (including phenoxy) is 2. The zero-order valence-corrected chi connectivity index (χ0v) is 12.6. The molecule has 20 heavy (non-hydrogen) atoms. The maximum atomic E-state index is 12.1. The minimum Gasteiger partial charge on any atom is -0.497 e. The summed E-state index contributed by atoms with van der Waals surface area (Å²) in [7, 11) is 3.52. The van der Waals surface area contributed by atoms with Crippen LogP contribution in [-0.2, 0) is 22.0 Å². The van der Waals surface area contributed by atoms with E-state index in [9.17, 15) is 4.79 Å². The fraction of sp³-hybridized carbons (Fsp3) is 0.467. The van der Waals surface area contributed by atoms with Crippen molar-refractivity contribution in [3.05, 3.63) is 24.0 Å². The molecule has 0 N–H and O–H groups in total. The SMILES string of the molecule is CCOC(=O)C(C)(C)c1nc2cc(OC)ccc2n1C. The first kappa shape index (κ1) is 14.4. The predicted octanol–water partition coefficient (Wildman–Crippen LogP) is 2.42. The second kappa shape index (κ2) is 5.15. The summed E-state index contributed by atoms with van der Waals surface area (Å²) >= 11 is 0. The number of esters is 1. The van der Waals surface area contributed by atoms with Crippen molar-refractivity contribution < 1.29 is 14.3 Å². The van der Waals surface area contributed by atoms with Gasteiger partial charge in [0.05, 0.1) is 24.8 Å². The summed E-state index contributed by atoms with van der Waals surface area (Å²) in [6, 6.07) is 5.68. The number of benzene rings is 1. The Bertz CT molecular complexity index is 644. The summed E-state index contributed by atoms with van der Waals surface area (Å²) in [5.74, 6) is 1.15. The number of hydrogen-bond acceptors (Lipinski definition) is 4. The molecule has 1 aromatic carbocycles. The minimum absolute atomic E-state index is 0.273. The molecule has 108 valence electrons. The van der Waals surface area contributed by atoms with Gasteiger partial charge in [-0.1, -0.05) is 0 Å². The van der Waals surface area contributed by atoms with E-state index in [2.05, 4.69) is 4.98 Å². The highest BCUT2D eigenvalue weighted by atomic mass is 16.5. The number of fused-ring (bicyclic) bond motifs is 1. The molecule has 2 rings (SSSR count). The highest BCUT2D eigenvalue weighted by Gasteiger charge is 2.36. The monoisotopic (exact) mass is 276 g/mol. The van der Waals surface area contributed by atoms with Gasteiger partial charge in [-0.2, -0.15) is 0 Å². The van der Waals surface area contributed by atoms with Gasteiger partial charge in [0.2, 0.25) is 0 Å². The lowest BCUT2D eigenvalue weighted by Gasteiger charge is -2.21. The van der Waals surface area contributed by atoms with Gasteiger partial charge in [0, 0.05) is 13.1 Å². The van der Waals surface area contributed by atoms with Crippen LogP contribution in [0.1, 0.15) is 26.6 Å². The van der Waals surface area contributed by atoms with Crippen LogP contribution in [0.3, 0.4) is 0 Å². The fourth-order valence-electron chi connectivity index (χ4n) is 2.27. The molecule has 0 spiro atoms. The predicted molar refractivity (Wildman–Crippen MR) is 76.9 cm³/mol. The molecule has 0 unspecified atom stereocenters. The molecule has 0 amide bonds. The summed E-state index contributed by atoms with van der Waals surface area (Å²) in [4.78, 5) is 16.7. The Labute approximate surface area is 118 Å². The molecular formula is C15H20N2O3. The number of carbonyl (C=O) groups excluding carboxylic acids is 1. The second-order valence-corrected chi connectivity index (χ2v) is 5.19. The number of carbonyl (C=O) groups is 1. The van der Waals surface area contributed by atoms with Crippen LogP contribution in [0.25, 0.3) is 11.0 Å². The average molecular weight is 276 g/mol. The molecule has 5 nitrogen and oxygen atoms in total. The zero-order valence-electron chi connectivity index (χ0n) is 12.6. The van der Waals surface area contributed by atoms with E-state index in [0.717, 1.165) is 16.8 Å². The van der Waals surface area contributed by atoms with Gasteiger partial charge in [0.1, 0.15) is 17.0 Å². The standard InChI is InChI=1S/C15H20N2O3/c1-6-20-14(18)15(2,3)13-16-11-9-10(19-5)7-8-12(11)17(13)4/h7-9H,6H2,1-5H3. The molecule has 0 atom stereocenters. The van der Waals surface area contributed by atoms with Crippen molar-refractivity contribution >= 4 is 17.0 Å². The van der Waals surface area contributed by atoms with E-state index in [1.54, 1.807) is 14.0 Å². The molecule has 0 saturated heterocycles. The van der Waals surface area contributed by atoms with E-state index in [4.69, 9.17) is 9.47 Å². The minimum atomic E-state index is -0.795. The Balaban J connectivity index is 2.54. The number of aryl methyl sites for hydroxylation is 1. The van der Waals surface area contributed by atoms with Crippen molar-refractivity contribution in [2.45, 2.75) is 26.2 Å². The van der Waals surface area contributed by atoms with Gasteiger partial charge < -0.3 is 14.0 Å². The van der Waals surface area contributed by atoms with E-state index in [-0.39, 0.29) is 5.97 Å². The van der Waals surface area contributed by atoms with E-state index >= 15 is 0 Å². The van der Waals surface area contributed by atoms with Crippen molar-refractivity contribution in [2.24, 2.45) is 7.05 Å². The van der Waals surface area contributed by atoms with E-state index in [0.29, 0.717) is 12.4 Å². The fourth-order valence-corrected chi connectivity index (χ4v) is 2.27. The summed E-state index contributed by atoms with van der Waals surface area (Å²) in [6.45, 7) is 5.81. The maximum Gasteiger partial charge on any atom is 0.319 e.